The van der Waals surface area contributed by atoms with Gasteiger partial charge in [-0.25, -0.2) is 0 Å². The highest BCUT2D eigenvalue weighted by atomic mass is 31.1. The van der Waals surface area contributed by atoms with Crippen LogP contribution < -0.4 is 4.74 Å². The van der Waals surface area contributed by atoms with Crippen molar-refractivity contribution in [3.8, 4) is 5.75 Å². The quantitative estimate of drug-likeness (QED) is 0.812. The Bertz CT molecular complexity index is 418. The van der Waals surface area contributed by atoms with E-state index in [0.717, 1.165) is 11.3 Å². The van der Waals surface area contributed by atoms with Gasteiger partial charge in [0, 0.05) is 0 Å². The Kier molecular flexibility index (Phi) is 5.60. The van der Waals surface area contributed by atoms with Gasteiger partial charge in [0.25, 0.3) is 0 Å². The summed E-state index contributed by atoms with van der Waals surface area (Å²) in [5.41, 5.74) is 0.127. The van der Waals surface area contributed by atoms with E-state index in [1.54, 1.807) is 7.11 Å². The summed E-state index contributed by atoms with van der Waals surface area (Å²) < 4.78 is 21.9. The maximum atomic E-state index is 11.3. The minimum absolute atomic E-state index is 0.0713. The Morgan fingerprint density at radius 3 is 1.89 bits per heavy atom. The molecule has 0 aliphatic rings. The molecule has 0 bridgehead atoms. The summed E-state index contributed by atoms with van der Waals surface area (Å²) in [5, 5.41) is 0. The summed E-state index contributed by atoms with van der Waals surface area (Å²) in [4.78, 5) is 9.25. The van der Waals surface area contributed by atoms with Crippen molar-refractivity contribution in [1.29, 1.82) is 0 Å². The van der Waals surface area contributed by atoms with Crippen LogP contribution in [0.4, 0.5) is 0 Å². The third-order valence-electron chi connectivity index (χ3n) is 3.51. The molecule has 1 atom stereocenters. The molecule has 0 saturated carbocycles. The van der Waals surface area contributed by atoms with E-state index in [0.29, 0.717) is 0 Å². The van der Waals surface area contributed by atoms with Crippen molar-refractivity contribution in [2.75, 3.05) is 7.11 Å². The topological polar surface area (TPSA) is 55.8 Å². The van der Waals surface area contributed by atoms with Gasteiger partial charge < -0.3 is 9.63 Å². The first-order valence-electron chi connectivity index (χ1n) is 6.41. The summed E-state index contributed by atoms with van der Waals surface area (Å²) in [6.07, 6.45) is 0. The molecule has 0 aliphatic heterocycles. The lowest BCUT2D eigenvalue weighted by atomic mass is 9.75. The van der Waals surface area contributed by atoms with Crippen LogP contribution in [0.15, 0.2) is 24.3 Å². The first-order valence-corrected chi connectivity index (χ1v) is 7.67. The Labute approximate surface area is 115 Å². The van der Waals surface area contributed by atoms with Gasteiger partial charge in [-0.2, -0.15) is 0 Å². The monoisotopic (exact) mass is 286 g/mol. The molecule has 0 spiro atoms. The van der Waals surface area contributed by atoms with Crippen molar-refractivity contribution in [3.05, 3.63) is 29.8 Å². The first-order chi connectivity index (χ1) is 8.84. The molecule has 19 heavy (non-hydrogen) atoms. The van der Waals surface area contributed by atoms with Gasteiger partial charge in [-0.15, -0.1) is 0 Å². The molecule has 108 valence electrons. The molecular weight excluding hydrogens is 263 g/mol. The lowest BCUT2D eigenvalue weighted by Gasteiger charge is -2.40. The molecule has 1 N–H and O–H groups in total. The molecule has 1 aromatic rings. The SMILES string of the molecule is COc1ccc(C(O[PH](=O)O)(C(C)C)C(C)C)cc1. The van der Waals surface area contributed by atoms with Crippen molar-refractivity contribution < 1.29 is 18.7 Å². The predicted molar refractivity (Wildman–Crippen MR) is 76.7 cm³/mol. The van der Waals surface area contributed by atoms with Crippen molar-refractivity contribution in [2.24, 2.45) is 11.8 Å². The van der Waals surface area contributed by atoms with Gasteiger partial charge >= 0.3 is 8.25 Å². The van der Waals surface area contributed by atoms with E-state index < -0.39 is 13.9 Å². The largest absolute Gasteiger partial charge is 0.497 e. The van der Waals surface area contributed by atoms with Gasteiger partial charge in [0.1, 0.15) is 11.4 Å². The molecule has 1 unspecified atom stereocenters. The van der Waals surface area contributed by atoms with Crippen LogP contribution in [0.3, 0.4) is 0 Å². The van der Waals surface area contributed by atoms with Crippen LogP contribution >= 0.6 is 8.25 Å². The summed E-state index contributed by atoms with van der Waals surface area (Å²) in [7, 11) is -1.42. The van der Waals surface area contributed by atoms with E-state index in [4.69, 9.17) is 9.26 Å². The molecule has 0 saturated heterocycles. The molecule has 0 radical (unpaired) electrons. The molecule has 1 rings (SSSR count). The van der Waals surface area contributed by atoms with Crippen molar-refractivity contribution in [2.45, 2.75) is 33.3 Å². The zero-order valence-electron chi connectivity index (χ0n) is 12.1. The summed E-state index contributed by atoms with van der Waals surface area (Å²) in [6.45, 7) is 7.98. The zero-order chi connectivity index (χ0) is 14.6. The predicted octanol–water partition coefficient (Wildman–Crippen LogP) is 3.60. The van der Waals surface area contributed by atoms with Gasteiger partial charge in [0.2, 0.25) is 0 Å². The number of hydrogen-bond donors (Lipinski definition) is 1. The minimum atomic E-state index is -3.02. The van der Waals surface area contributed by atoms with E-state index in [9.17, 15) is 9.46 Å². The van der Waals surface area contributed by atoms with Crippen LogP contribution in [-0.4, -0.2) is 12.0 Å². The Morgan fingerprint density at radius 1 is 1.11 bits per heavy atom. The lowest BCUT2D eigenvalue weighted by Crippen LogP contribution is -2.39. The Balaban J connectivity index is 3.31. The normalized spacial score (nSPS) is 13.9. The summed E-state index contributed by atoms with van der Waals surface area (Å²) in [5.74, 6) is 0.894. The Morgan fingerprint density at radius 2 is 1.58 bits per heavy atom. The van der Waals surface area contributed by atoms with Crippen LogP contribution in [0.2, 0.25) is 0 Å². The van der Waals surface area contributed by atoms with E-state index in [-0.39, 0.29) is 11.8 Å². The second-order valence-electron chi connectivity index (χ2n) is 5.20. The molecule has 4 nitrogen and oxygen atoms in total. The smallest absolute Gasteiger partial charge is 0.317 e. The average molecular weight is 286 g/mol. The molecule has 1 aromatic carbocycles. The maximum Gasteiger partial charge on any atom is 0.317 e. The third-order valence-corrected chi connectivity index (χ3v) is 4.03. The first kappa shape index (κ1) is 16.2. The van der Waals surface area contributed by atoms with Crippen molar-refractivity contribution in [3.63, 3.8) is 0 Å². The van der Waals surface area contributed by atoms with E-state index in [2.05, 4.69) is 0 Å². The van der Waals surface area contributed by atoms with Gasteiger partial charge in [0.15, 0.2) is 0 Å². The van der Waals surface area contributed by atoms with E-state index in [1.807, 2.05) is 52.0 Å². The van der Waals surface area contributed by atoms with Crippen LogP contribution in [0, 0.1) is 11.8 Å². The van der Waals surface area contributed by atoms with Crippen molar-refractivity contribution >= 4 is 8.25 Å². The lowest BCUT2D eigenvalue weighted by molar-refractivity contribution is -0.0285. The second-order valence-corrected chi connectivity index (χ2v) is 5.93. The number of rotatable bonds is 6. The third kappa shape index (κ3) is 3.38. The fourth-order valence-corrected chi connectivity index (χ4v) is 3.50. The zero-order valence-corrected chi connectivity index (χ0v) is 13.1. The molecule has 0 fully saturated rings. The molecule has 0 amide bonds. The van der Waals surface area contributed by atoms with E-state index in [1.165, 1.54) is 0 Å². The van der Waals surface area contributed by atoms with Crippen LogP contribution in [-0.2, 0) is 14.7 Å². The van der Waals surface area contributed by atoms with Gasteiger partial charge in [0.05, 0.1) is 7.11 Å². The molecular formula is C14H23O4P. The number of methoxy groups -OCH3 is 1. The van der Waals surface area contributed by atoms with Crippen LogP contribution in [0.1, 0.15) is 33.3 Å². The van der Waals surface area contributed by atoms with Gasteiger partial charge in [-0.3, -0.25) is 9.09 Å². The van der Waals surface area contributed by atoms with Crippen LogP contribution in [0.25, 0.3) is 0 Å². The average Bonchev–Trinajstić information content (AvgIpc) is 2.35. The highest BCUT2D eigenvalue weighted by molar-refractivity contribution is 7.32. The number of hydrogen-bond acceptors (Lipinski definition) is 3. The number of ether oxygens (including phenoxy) is 1. The number of benzene rings is 1. The maximum absolute atomic E-state index is 11.3. The standard InChI is InChI=1S/C14H23O4P/c1-10(2)14(11(3)4,18-19(15)16)12-6-8-13(17-5)9-7-12/h6-11,19H,1-5H3,(H,15,16). The Hall–Kier alpha value is -0.830. The fourth-order valence-electron chi connectivity index (χ4n) is 2.62. The fraction of sp³-hybridized carbons (Fsp3) is 0.571. The summed E-state index contributed by atoms with van der Waals surface area (Å²) in [6, 6.07) is 7.47. The molecule has 0 heterocycles. The van der Waals surface area contributed by atoms with E-state index >= 15 is 0 Å². The summed E-state index contributed by atoms with van der Waals surface area (Å²) >= 11 is 0. The van der Waals surface area contributed by atoms with Gasteiger partial charge in [-0.1, -0.05) is 39.8 Å². The van der Waals surface area contributed by atoms with Crippen LogP contribution in [0.5, 0.6) is 5.75 Å². The van der Waals surface area contributed by atoms with Gasteiger partial charge in [-0.05, 0) is 29.5 Å². The minimum Gasteiger partial charge on any atom is -0.497 e. The second kappa shape index (κ2) is 6.56. The molecule has 0 aromatic heterocycles. The highest BCUT2D eigenvalue weighted by Crippen LogP contribution is 2.46. The van der Waals surface area contributed by atoms with Crippen molar-refractivity contribution in [1.82, 2.24) is 0 Å². The molecule has 5 heteroatoms. The highest BCUT2D eigenvalue weighted by Gasteiger charge is 2.41. The molecule has 0 aliphatic carbocycles.